The fraction of sp³-hybridized carbons (Fsp3) is 0.462. The molecule has 0 amide bonds. The van der Waals surface area contributed by atoms with Gasteiger partial charge in [0.05, 0.1) is 13.2 Å². The van der Waals surface area contributed by atoms with Gasteiger partial charge < -0.3 is 20.4 Å². The summed E-state index contributed by atoms with van der Waals surface area (Å²) in [5.41, 5.74) is 7.24. The van der Waals surface area contributed by atoms with Gasteiger partial charge in [-0.05, 0) is 25.0 Å². The first-order chi connectivity index (χ1) is 8.70. The van der Waals surface area contributed by atoms with Crippen LogP contribution >= 0.6 is 0 Å². The highest BCUT2D eigenvalue weighted by atomic mass is 16.5. The number of aryl methyl sites for hydroxylation is 1. The molecule has 2 rings (SSSR count). The molecule has 1 aliphatic heterocycles. The monoisotopic (exact) mass is 250 g/mol. The lowest BCUT2D eigenvalue weighted by Gasteiger charge is -2.13. The summed E-state index contributed by atoms with van der Waals surface area (Å²) in [5.74, 6) is 1.31. The van der Waals surface area contributed by atoms with Crippen molar-refractivity contribution in [2.75, 3.05) is 19.8 Å². The summed E-state index contributed by atoms with van der Waals surface area (Å²) < 4.78 is 11.1. The van der Waals surface area contributed by atoms with Gasteiger partial charge in [0.2, 0.25) is 0 Å². The Balaban J connectivity index is 2.06. The minimum atomic E-state index is 0.0871. The van der Waals surface area contributed by atoms with Crippen molar-refractivity contribution in [1.82, 2.24) is 0 Å². The van der Waals surface area contributed by atoms with E-state index in [0.29, 0.717) is 18.1 Å². The normalized spacial score (nSPS) is 20.1. The Morgan fingerprint density at radius 3 is 3.11 bits per heavy atom. The van der Waals surface area contributed by atoms with Gasteiger partial charge in [0.15, 0.2) is 5.84 Å². The Morgan fingerprint density at radius 1 is 1.61 bits per heavy atom. The Bertz CT molecular complexity index is 440. The molecular weight excluding hydrogens is 232 g/mol. The zero-order valence-corrected chi connectivity index (χ0v) is 10.4. The van der Waals surface area contributed by atoms with Crippen LogP contribution in [0.25, 0.3) is 0 Å². The zero-order chi connectivity index (χ0) is 13.0. The maximum atomic E-state index is 8.66. The highest BCUT2D eigenvalue weighted by Crippen LogP contribution is 2.22. The minimum absolute atomic E-state index is 0.0871. The van der Waals surface area contributed by atoms with Gasteiger partial charge in [0, 0.05) is 18.1 Å². The summed E-state index contributed by atoms with van der Waals surface area (Å²) in [6, 6.07) is 5.49. The predicted molar refractivity (Wildman–Crippen MR) is 68.1 cm³/mol. The molecular formula is C13H18N2O3. The number of amidine groups is 1. The molecule has 98 valence electrons. The van der Waals surface area contributed by atoms with Gasteiger partial charge >= 0.3 is 0 Å². The van der Waals surface area contributed by atoms with E-state index in [0.717, 1.165) is 30.9 Å². The first-order valence-electron chi connectivity index (χ1n) is 6.00. The lowest BCUT2D eigenvalue weighted by atomic mass is 10.1. The summed E-state index contributed by atoms with van der Waals surface area (Å²) in [4.78, 5) is 0. The Kier molecular flexibility index (Phi) is 4.04. The molecule has 18 heavy (non-hydrogen) atoms. The molecule has 1 atom stereocenters. The predicted octanol–water partition coefficient (Wildman–Crippen LogP) is 1.50. The zero-order valence-electron chi connectivity index (χ0n) is 10.4. The largest absolute Gasteiger partial charge is 0.493 e. The summed E-state index contributed by atoms with van der Waals surface area (Å²) in [6.45, 7) is 4.19. The van der Waals surface area contributed by atoms with Crippen molar-refractivity contribution in [1.29, 1.82) is 0 Å². The van der Waals surface area contributed by atoms with Crippen molar-refractivity contribution in [3.05, 3.63) is 29.3 Å². The van der Waals surface area contributed by atoms with Crippen LogP contribution in [0.1, 0.15) is 17.5 Å². The van der Waals surface area contributed by atoms with Crippen molar-refractivity contribution < 1.29 is 14.7 Å². The third kappa shape index (κ3) is 2.92. The smallest absolute Gasteiger partial charge is 0.170 e. The van der Waals surface area contributed by atoms with Crippen LogP contribution in [0.3, 0.4) is 0 Å². The van der Waals surface area contributed by atoms with Gasteiger partial charge in [-0.2, -0.15) is 0 Å². The van der Waals surface area contributed by atoms with Crippen LogP contribution in [0.5, 0.6) is 5.75 Å². The highest BCUT2D eigenvalue weighted by molar-refractivity contribution is 5.97. The van der Waals surface area contributed by atoms with Crippen LogP contribution in [0.2, 0.25) is 0 Å². The van der Waals surface area contributed by atoms with Crippen molar-refractivity contribution in [2.45, 2.75) is 13.3 Å². The maximum absolute atomic E-state index is 8.66. The summed E-state index contributed by atoms with van der Waals surface area (Å²) in [7, 11) is 0. The van der Waals surface area contributed by atoms with Gasteiger partial charge in [-0.3, -0.25) is 0 Å². The summed E-state index contributed by atoms with van der Waals surface area (Å²) >= 11 is 0. The molecule has 0 radical (unpaired) electrons. The molecule has 1 aromatic rings. The van der Waals surface area contributed by atoms with Crippen LogP contribution in [0.15, 0.2) is 23.4 Å². The molecule has 1 unspecified atom stereocenters. The van der Waals surface area contributed by atoms with Crippen LogP contribution in [-0.4, -0.2) is 30.9 Å². The molecule has 1 fully saturated rings. The second kappa shape index (κ2) is 5.73. The Morgan fingerprint density at radius 2 is 2.44 bits per heavy atom. The van der Waals surface area contributed by atoms with Crippen molar-refractivity contribution in [3.8, 4) is 5.75 Å². The number of hydrogen-bond acceptors (Lipinski definition) is 4. The van der Waals surface area contributed by atoms with Gasteiger partial charge in [0.1, 0.15) is 5.75 Å². The number of hydrogen-bond donors (Lipinski definition) is 2. The van der Waals surface area contributed by atoms with Crippen LogP contribution in [0.4, 0.5) is 0 Å². The van der Waals surface area contributed by atoms with Gasteiger partial charge in [-0.1, -0.05) is 17.3 Å². The van der Waals surface area contributed by atoms with E-state index in [4.69, 9.17) is 20.4 Å². The lowest BCUT2D eigenvalue weighted by Crippen LogP contribution is -2.15. The number of ether oxygens (including phenoxy) is 2. The van der Waals surface area contributed by atoms with E-state index in [9.17, 15) is 0 Å². The van der Waals surface area contributed by atoms with E-state index in [2.05, 4.69) is 5.16 Å². The van der Waals surface area contributed by atoms with Gasteiger partial charge in [-0.15, -0.1) is 0 Å². The molecule has 5 heteroatoms. The Labute approximate surface area is 106 Å². The first kappa shape index (κ1) is 12.7. The second-order valence-electron chi connectivity index (χ2n) is 4.51. The molecule has 0 spiro atoms. The second-order valence-corrected chi connectivity index (χ2v) is 4.51. The molecule has 0 aromatic heterocycles. The van der Waals surface area contributed by atoms with E-state index < -0.39 is 0 Å². The first-order valence-corrected chi connectivity index (χ1v) is 6.00. The SMILES string of the molecule is Cc1ccc(/C(N)=N/O)cc1OCC1CCOC1. The Hall–Kier alpha value is -1.75. The van der Waals surface area contributed by atoms with E-state index >= 15 is 0 Å². The molecule has 3 N–H and O–H groups in total. The van der Waals surface area contributed by atoms with Crippen molar-refractivity contribution >= 4 is 5.84 Å². The number of oxime groups is 1. The standard InChI is InChI=1S/C13H18N2O3/c1-9-2-3-11(13(14)15-16)6-12(9)18-8-10-4-5-17-7-10/h2-3,6,10,16H,4-5,7-8H2,1H3,(H2,14,15). The number of rotatable bonds is 4. The maximum Gasteiger partial charge on any atom is 0.170 e. The minimum Gasteiger partial charge on any atom is -0.493 e. The average Bonchev–Trinajstić information content (AvgIpc) is 2.90. The molecule has 1 aromatic carbocycles. The fourth-order valence-electron chi connectivity index (χ4n) is 1.90. The van der Waals surface area contributed by atoms with Crippen molar-refractivity contribution in [2.24, 2.45) is 16.8 Å². The topological polar surface area (TPSA) is 77.1 Å². The fourth-order valence-corrected chi connectivity index (χ4v) is 1.90. The summed E-state index contributed by atoms with van der Waals surface area (Å²) in [5, 5.41) is 11.6. The highest BCUT2D eigenvalue weighted by Gasteiger charge is 2.16. The molecule has 1 heterocycles. The molecule has 1 aliphatic rings. The van der Waals surface area contributed by atoms with Crippen LogP contribution in [0, 0.1) is 12.8 Å². The van der Waals surface area contributed by atoms with E-state index in [1.165, 1.54) is 0 Å². The molecule has 0 saturated carbocycles. The molecule has 5 nitrogen and oxygen atoms in total. The van der Waals surface area contributed by atoms with Crippen LogP contribution < -0.4 is 10.5 Å². The van der Waals surface area contributed by atoms with Gasteiger partial charge in [0.25, 0.3) is 0 Å². The van der Waals surface area contributed by atoms with E-state index in [-0.39, 0.29) is 5.84 Å². The van der Waals surface area contributed by atoms with Crippen LogP contribution in [-0.2, 0) is 4.74 Å². The number of benzene rings is 1. The molecule has 0 bridgehead atoms. The average molecular weight is 250 g/mol. The summed E-state index contributed by atoms with van der Waals surface area (Å²) in [6.07, 6.45) is 1.04. The third-order valence-corrected chi connectivity index (χ3v) is 3.09. The molecule has 1 saturated heterocycles. The third-order valence-electron chi connectivity index (χ3n) is 3.09. The quantitative estimate of drug-likeness (QED) is 0.367. The number of nitrogens with zero attached hydrogens (tertiary/aromatic N) is 1. The number of nitrogens with two attached hydrogens (primary N) is 1. The van der Waals surface area contributed by atoms with E-state index in [1.54, 1.807) is 12.1 Å². The van der Waals surface area contributed by atoms with Crippen molar-refractivity contribution in [3.63, 3.8) is 0 Å². The van der Waals surface area contributed by atoms with E-state index in [1.807, 2.05) is 13.0 Å². The molecule has 0 aliphatic carbocycles. The van der Waals surface area contributed by atoms with Gasteiger partial charge in [-0.25, -0.2) is 0 Å². The lowest BCUT2D eigenvalue weighted by molar-refractivity contribution is 0.167.